The summed E-state index contributed by atoms with van der Waals surface area (Å²) in [5.41, 5.74) is 9.51. The van der Waals surface area contributed by atoms with Gasteiger partial charge >= 0.3 is 0 Å². The molecule has 1 atom stereocenters. The van der Waals surface area contributed by atoms with Crippen molar-refractivity contribution in [3.63, 3.8) is 0 Å². The molecule has 0 aliphatic heterocycles. The molecule has 2 aromatic carbocycles. The van der Waals surface area contributed by atoms with Crippen molar-refractivity contribution in [3.05, 3.63) is 82.9 Å². The quantitative estimate of drug-likeness (QED) is 0.414. The molecule has 31 heavy (non-hydrogen) atoms. The molecule has 152 valence electrons. The lowest BCUT2D eigenvalue weighted by molar-refractivity contribution is 0.874. The number of rotatable bonds is 4. The number of hydrogen-bond donors (Lipinski definition) is 3. The maximum Gasteiger partial charge on any atom is 0.263 e. The first-order chi connectivity index (χ1) is 15.1. The van der Waals surface area contributed by atoms with Gasteiger partial charge in [0.05, 0.1) is 23.6 Å². The number of nitrogens with two attached hydrogens (primary N) is 1. The molecular weight excluding hydrogens is 390 g/mol. The fraction of sp³-hybridized carbons (Fsp3) is 0.0870. The van der Waals surface area contributed by atoms with Gasteiger partial charge in [-0.1, -0.05) is 48.5 Å². The van der Waals surface area contributed by atoms with Crippen LogP contribution in [0.4, 0.5) is 11.8 Å². The SMILES string of the molecule is C[C@H](Nc1nc(N)nc2nc[nH]c(=O)c12)c1cc2ccccc2nc1-c1ccccc1. The summed E-state index contributed by atoms with van der Waals surface area (Å²) in [5.74, 6) is 0.372. The molecule has 8 nitrogen and oxygen atoms in total. The highest BCUT2D eigenvalue weighted by Gasteiger charge is 2.18. The highest BCUT2D eigenvalue weighted by Crippen LogP contribution is 2.32. The number of H-pyrrole nitrogens is 1. The van der Waals surface area contributed by atoms with Gasteiger partial charge in [0.25, 0.3) is 5.56 Å². The smallest absolute Gasteiger partial charge is 0.263 e. The van der Waals surface area contributed by atoms with Gasteiger partial charge in [0, 0.05) is 16.5 Å². The Kier molecular flexibility index (Phi) is 4.51. The fourth-order valence-corrected chi connectivity index (χ4v) is 3.67. The van der Waals surface area contributed by atoms with Gasteiger partial charge in [-0.05, 0) is 19.1 Å². The van der Waals surface area contributed by atoms with Gasteiger partial charge in [0.2, 0.25) is 5.95 Å². The Labute approximate surface area is 177 Å². The molecule has 0 bridgehead atoms. The topological polar surface area (TPSA) is 122 Å². The lowest BCUT2D eigenvalue weighted by Crippen LogP contribution is -2.16. The second kappa shape index (κ2) is 7.49. The monoisotopic (exact) mass is 409 g/mol. The van der Waals surface area contributed by atoms with Crippen LogP contribution in [0.3, 0.4) is 0 Å². The van der Waals surface area contributed by atoms with Crippen LogP contribution in [0.25, 0.3) is 33.2 Å². The largest absolute Gasteiger partial charge is 0.368 e. The standard InChI is InChI=1S/C23H19N7O/c1-13(27-21-18-20(29-23(24)30-21)25-12-26-22(18)31)16-11-15-9-5-6-10-17(15)28-19(16)14-7-3-2-4-8-14/h2-13H,1H3,(H4,24,25,26,27,29,30,31)/t13-/m0/s1. The van der Waals surface area contributed by atoms with E-state index in [4.69, 9.17) is 10.7 Å². The third kappa shape index (κ3) is 3.44. The van der Waals surface area contributed by atoms with Crippen LogP contribution in [0.5, 0.6) is 0 Å². The molecule has 0 aliphatic rings. The van der Waals surface area contributed by atoms with E-state index >= 15 is 0 Å². The zero-order valence-corrected chi connectivity index (χ0v) is 16.7. The number of para-hydroxylation sites is 1. The lowest BCUT2D eigenvalue weighted by atomic mass is 9.98. The van der Waals surface area contributed by atoms with Crippen molar-refractivity contribution in [1.29, 1.82) is 0 Å². The summed E-state index contributed by atoms with van der Waals surface area (Å²) in [6, 6.07) is 19.9. The molecule has 0 radical (unpaired) electrons. The van der Waals surface area contributed by atoms with Crippen LogP contribution < -0.4 is 16.6 Å². The maximum absolute atomic E-state index is 12.4. The molecule has 0 fully saturated rings. The molecule has 3 heterocycles. The van der Waals surface area contributed by atoms with E-state index in [1.807, 2.05) is 61.5 Å². The van der Waals surface area contributed by atoms with Crippen LogP contribution in [0.1, 0.15) is 18.5 Å². The summed E-state index contributed by atoms with van der Waals surface area (Å²) in [6.07, 6.45) is 1.30. The number of nitrogens with zero attached hydrogens (tertiary/aromatic N) is 4. The highest BCUT2D eigenvalue weighted by atomic mass is 16.1. The first kappa shape index (κ1) is 18.7. The molecule has 5 rings (SSSR count). The van der Waals surface area contributed by atoms with Crippen molar-refractivity contribution < 1.29 is 0 Å². The molecule has 0 amide bonds. The minimum Gasteiger partial charge on any atom is -0.368 e. The van der Waals surface area contributed by atoms with Gasteiger partial charge in [-0.15, -0.1) is 0 Å². The Bertz CT molecular complexity index is 1460. The number of aromatic nitrogens is 5. The molecule has 0 saturated heterocycles. The Morgan fingerprint density at radius 2 is 1.77 bits per heavy atom. The van der Waals surface area contributed by atoms with Gasteiger partial charge < -0.3 is 16.0 Å². The van der Waals surface area contributed by atoms with Gasteiger partial charge in [-0.25, -0.2) is 9.97 Å². The first-order valence-electron chi connectivity index (χ1n) is 9.83. The number of anilines is 2. The van der Waals surface area contributed by atoms with Crippen molar-refractivity contribution in [2.24, 2.45) is 0 Å². The molecule has 5 aromatic rings. The molecule has 0 saturated carbocycles. The Morgan fingerprint density at radius 1 is 1.00 bits per heavy atom. The first-order valence-corrected chi connectivity index (χ1v) is 9.83. The number of aromatic amines is 1. The third-order valence-corrected chi connectivity index (χ3v) is 5.14. The highest BCUT2D eigenvalue weighted by molar-refractivity contribution is 5.87. The van der Waals surface area contributed by atoms with E-state index in [0.717, 1.165) is 27.7 Å². The van der Waals surface area contributed by atoms with E-state index in [-0.39, 0.29) is 28.6 Å². The summed E-state index contributed by atoms with van der Waals surface area (Å²) in [6.45, 7) is 1.99. The van der Waals surface area contributed by atoms with Crippen LogP contribution in [0, 0.1) is 0 Å². The summed E-state index contributed by atoms with van der Waals surface area (Å²) in [7, 11) is 0. The molecule has 0 aliphatic carbocycles. The van der Waals surface area contributed by atoms with E-state index in [9.17, 15) is 4.79 Å². The molecule has 0 spiro atoms. The average molecular weight is 409 g/mol. The number of nitrogen functional groups attached to an aromatic ring is 1. The van der Waals surface area contributed by atoms with Crippen molar-refractivity contribution >= 4 is 33.7 Å². The fourth-order valence-electron chi connectivity index (χ4n) is 3.67. The van der Waals surface area contributed by atoms with E-state index in [1.165, 1.54) is 6.33 Å². The van der Waals surface area contributed by atoms with Crippen molar-refractivity contribution in [2.75, 3.05) is 11.1 Å². The maximum atomic E-state index is 12.4. The second-order valence-electron chi connectivity index (χ2n) is 7.21. The second-order valence-corrected chi connectivity index (χ2v) is 7.21. The molecule has 8 heteroatoms. The van der Waals surface area contributed by atoms with Crippen LogP contribution >= 0.6 is 0 Å². The third-order valence-electron chi connectivity index (χ3n) is 5.14. The van der Waals surface area contributed by atoms with Crippen molar-refractivity contribution in [1.82, 2.24) is 24.9 Å². The van der Waals surface area contributed by atoms with Crippen molar-refractivity contribution in [2.45, 2.75) is 13.0 Å². The molecule has 0 unspecified atom stereocenters. The predicted molar refractivity (Wildman–Crippen MR) is 122 cm³/mol. The Hall–Kier alpha value is -4.33. The van der Waals surface area contributed by atoms with Crippen molar-refractivity contribution in [3.8, 4) is 11.3 Å². The minimum atomic E-state index is -0.334. The number of nitrogens with one attached hydrogen (secondary N) is 2. The predicted octanol–water partition coefficient (Wildman–Crippen LogP) is 3.68. The summed E-state index contributed by atoms with van der Waals surface area (Å²) in [5, 5.41) is 4.61. The molecule has 4 N–H and O–H groups in total. The van der Waals surface area contributed by atoms with E-state index in [1.54, 1.807) is 0 Å². The van der Waals surface area contributed by atoms with E-state index in [2.05, 4.69) is 31.3 Å². The van der Waals surface area contributed by atoms with E-state index < -0.39 is 0 Å². The van der Waals surface area contributed by atoms with Crippen LogP contribution in [0.2, 0.25) is 0 Å². The molecule has 3 aromatic heterocycles. The summed E-state index contributed by atoms with van der Waals surface area (Å²) >= 11 is 0. The van der Waals surface area contributed by atoms with Crippen LogP contribution in [0.15, 0.2) is 71.8 Å². The van der Waals surface area contributed by atoms with Gasteiger partial charge in [0.1, 0.15) is 11.2 Å². The van der Waals surface area contributed by atoms with E-state index in [0.29, 0.717) is 5.82 Å². The van der Waals surface area contributed by atoms with Gasteiger partial charge in [-0.2, -0.15) is 9.97 Å². The van der Waals surface area contributed by atoms with Crippen LogP contribution in [-0.2, 0) is 0 Å². The van der Waals surface area contributed by atoms with Gasteiger partial charge in [0.15, 0.2) is 5.65 Å². The zero-order chi connectivity index (χ0) is 21.4. The average Bonchev–Trinajstić information content (AvgIpc) is 2.78. The van der Waals surface area contributed by atoms with Crippen LogP contribution in [-0.4, -0.2) is 24.9 Å². The summed E-state index contributed by atoms with van der Waals surface area (Å²) < 4.78 is 0. The minimum absolute atomic E-state index is 0.0419. The summed E-state index contributed by atoms with van der Waals surface area (Å²) in [4.78, 5) is 32.4. The number of pyridine rings is 1. The number of hydrogen-bond acceptors (Lipinski definition) is 7. The van der Waals surface area contributed by atoms with Gasteiger partial charge in [-0.3, -0.25) is 4.79 Å². The molecular formula is C23H19N7O. The Balaban J connectivity index is 1.66. The normalized spacial score (nSPS) is 12.2. The lowest BCUT2D eigenvalue weighted by Gasteiger charge is -2.20. The number of benzene rings is 2. The number of fused-ring (bicyclic) bond motifs is 2. The zero-order valence-electron chi connectivity index (χ0n) is 16.7. The Morgan fingerprint density at radius 3 is 2.61 bits per heavy atom.